The Kier molecular flexibility index (Phi) is 3.28. The van der Waals surface area contributed by atoms with Gasteiger partial charge < -0.3 is 10.5 Å². The number of ether oxygens (including phenoxy) is 1. The second kappa shape index (κ2) is 5.09. The second-order valence-corrected chi connectivity index (χ2v) is 5.13. The van der Waals surface area contributed by atoms with Gasteiger partial charge in [0.05, 0.1) is 9.99 Å². The van der Waals surface area contributed by atoms with Crippen LogP contribution in [0.25, 0.3) is 10.9 Å². The number of nitrogens with zero attached hydrogens (tertiary/aromatic N) is 1. The van der Waals surface area contributed by atoms with Crippen molar-refractivity contribution in [3.05, 3.63) is 58.8 Å². The van der Waals surface area contributed by atoms with Crippen LogP contribution in [0.5, 0.6) is 11.6 Å². The number of nitrogen functional groups attached to an aromatic ring is 1. The van der Waals surface area contributed by atoms with Crippen LogP contribution in [0.15, 0.2) is 53.0 Å². The number of nitrogens with two attached hydrogens (primary N) is 1. The standard InChI is InChI=1S/C15H10BrFN2O/c16-12-8-11(3-4-13(12)17)20-15-6-1-9-7-10(18)2-5-14(9)19-15/h1-8H,18H2. The number of aromatic nitrogens is 1. The van der Waals surface area contributed by atoms with Crippen molar-refractivity contribution in [3.63, 3.8) is 0 Å². The molecule has 0 bridgehead atoms. The number of fused-ring (bicyclic) bond motifs is 1. The van der Waals surface area contributed by atoms with E-state index in [2.05, 4.69) is 20.9 Å². The van der Waals surface area contributed by atoms with Crippen molar-refractivity contribution in [2.75, 3.05) is 5.73 Å². The molecule has 100 valence electrons. The predicted molar refractivity (Wildman–Crippen MR) is 80.3 cm³/mol. The van der Waals surface area contributed by atoms with Gasteiger partial charge in [0.15, 0.2) is 0 Å². The molecule has 5 heteroatoms. The summed E-state index contributed by atoms with van der Waals surface area (Å²) in [5.74, 6) is 0.626. The van der Waals surface area contributed by atoms with Crippen molar-refractivity contribution in [3.8, 4) is 11.6 Å². The second-order valence-electron chi connectivity index (χ2n) is 4.28. The van der Waals surface area contributed by atoms with Crippen molar-refractivity contribution in [1.82, 2.24) is 4.98 Å². The Morgan fingerprint density at radius 1 is 1.05 bits per heavy atom. The quantitative estimate of drug-likeness (QED) is 0.702. The smallest absolute Gasteiger partial charge is 0.219 e. The van der Waals surface area contributed by atoms with Gasteiger partial charge >= 0.3 is 0 Å². The third-order valence-corrected chi connectivity index (χ3v) is 3.41. The summed E-state index contributed by atoms with van der Waals surface area (Å²) in [7, 11) is 0. The third-order valence-electron chi connectivity index (χ3n) is 2.80. The third kappa shape index (κ3) is 2.58. The van der Waals surface area contributed by atoms with Crippen LogP contribution < -0.4 is 10.5 Å². The van der Waals surface area contributed by atoms with Crippen LogP contribution in [-0.2, 0) is 0 Å². The molecule has 1 aromatic heterocycles. The van der Waals surface area contributed by atoms with Gasteiger partial charge in [-0.2, -0.15) is 0 Å². The van der Waals surface area contributed by atoms with Gasteiger partial charge in [-0.3, -0.25) is 0 Å². The molecule has 2 N–H and O–H groups in total. The van der Waals surface area contributed by atoms with E-state index < -0.39 is 0 Å². The molecule has 1 heterocycles. The minimum absolute atomic E-state index is 0.334. The van der Waals surface area contributed by atoms with Crippen molar-refractivity contribution in [2.24, 2.45) is 0 Å². The Bertz CT molecular complexity index is 792. The van der Waals surface area contributed by atoms with E-state index in [0.29, 0.717) is 21.8 Å². The number of pyridine rings is 1. The molecule has 0 radical (unpaired) electrons. The van der Waals surface area contributed by atoms with Gasteiger partial charge in [-0.25, -0.2) is 9.37 Å². The lowest BCUT2D eigenvalue weighted by Crippen LogP contribution is -1.90. The van der Waals surface area contributed by atoms with Crippen LogP contribution in [0.4, 0.5) is 10.1 Å². The molecule has 0 saturated heterocycles. The van der Waals surface area contributed by atoms with Gasteiger partial charge in [0.2, 0.25) is 5.88 Å². The van der Waals surface area contributed by atoms with Crippen molar-refractivity contribution in [2.45, 2.75) is 0 Å². The van der Waals surface area contributed by atoms with Crippen LogP contribution in [0.3, 0.4) is 0 Å². The predicted octanol–water partition coefficient (Wildman–Crippen LogP) is 4.51. The average molecular weight is 333 g/mol. The molecular weight excluding hydrogens is 323 g/mol. The molecule has 3 aromatic rings. The Morgan fingerprint density at radius 2 is 1.90 bits per heavy atom. The number of halogens is 2. The molecule has 0 amide bonds. The van der Waals surface area contributed by atoms with Gasteiger partial charge in [-0.05, 0) is 58.4 Å². The van der Waals surface area contributed by atoms with Crippen LogP contribution in [0, 0.1) is 5.82 Å². The van der Waals surface area contributed by atoms with Crippen molar-refractivity contribution < 1.29 is 9.13 Å². The minimum atomic E-state index is -0.334. The first-order valence-corrected chi connectivity index (χ1v) is 6.70. The Balaban J connectivity index is 1.94. The Hall–Kier alpha value is -2.14. The maximum absolute atomic E-state index is 13.2. The van der Waals surface area contributed by atoms with Gasteiger partial charge in [-0.15, -0.1) is 0 Å². The number of hydrogen-bond donors (Lipinski definition) is 1. The number of hydrogen-bond acceptors (Lipinski definition) is 3. The van der Waals surface area contributed by atoms with E-state index in [0.717, 1.165) is 10.9 Å². The molecule has 0 atom stereocenters. The summed E-state index contributed by atoms with van der Waals surface area (Å²) in [5.41, 5.74) is 7.20. The first-order chi connectivity index (χ1) is 9.61. The molecule has 0 aliphatic rings. The van der Waals surface area contributed by atoms with Gasteiger partial charge in [0.25, 0.3) is 0 Å². The van der Waals surface area contributed by atoms with E-state index in [1.165, 1.54) is 6.07 Å². The molecule has 3 rings (SSSR count). The fraction of sp³-hybridized carbons (Fsp3) is 0. The SMILES string of the molecule is Nc1ccc2nc(Oc3ccc(F)c(Br)c3)ccc2c1. The summed E-state index contributed by atoms with van der Waals surface area (Å²) in [5, 5.41) is 0.942. The zero-order chi connectivity index (χ0) is 14.1. The minimum Gasteiger partial charge on any atom is -0.439 e. The fourth-order valence-electron chi connectivity index (χ4n) is 1.84. The van der Waals surface area contributed by atoms with Crippen LogP contribution in [-0.4, -0.2) is 4.98 Å². The van der Waals surface area contributed by atoms with Gasteiger partial charge in [0.1, 0.15) is 11.6 Å². The molecule has 20 heavy (non-hydrogen) atoms. The largest absolute Gasteiger partial charge is 0.439 e. The Morgan fingerprint density at radius 3 is 2.70 bits per heavy atom. The normalized spacial score (nSPS) is 10.7. The molecule has 0 unspecified atom stereocenters. The molecule has 0 fully saturated rings. The van der Waals surface area contributed by atoms with E-state index in [-0.39, 0.29) is 5.82 Å². The topological polar surface area (TPSA) is 48.1 Å². The Labute approximate surface area is 123 Å². The summed E-state index contributed by atoms with van der Waals surface area (Å²) in [6.45, 7) is 0. The highest BCUT2D eigenvalue weighted by atomic mass is 79.9. The van der Waals surface area contributed by atoms with E-state index in [9.17, 15) is 4.39 Å². The number of rotatable bonds is 2. The summed E-state index contributed by atoms with van der Waals surface area (Å²) < 4.78 is 19.1. The maximum atomic E-state index is 13.2. The van der Waals surface area contributed by atoms with E-state index in [1.54, 1.807) is 24.3 Å². The molecule has 3 nitrogen and oxygen atoms in total. The lowest BCUT2D eigenvalue weighted by molar-refractivity contribution is 0.463. The van der Waals surface area contributed by atoms with Crippen LogP contribution in [0.2, 0.25) is 0 Å². The monoisotopic (exact) mass is 332 g/mol. The number of benzene rings is 2. The van der Waals surface area contributed by atoms with Crippen LogP contribution >= 0.6 is 15.9 Å². The summed E-state index contributed by atoms with van der Waals surface area (Å²) in [6.07, 6.45) is 0. The maximum Gasteiger partial charge on any atom is 0.219 e. The summed E-state index contributed by atoms with van der Waals surface area (Å²) in [6, 6.07) is 13.5. The highest BCUT2D eigenvalue weighted by Crippen LogP contribution is 2.27. The van der Waals surface area contributed by atoms with Gasteiger partial charge in [0, 0.05) is 17.1 Å². The van der Waals surface area contributed by atoms with Gasteiger partial charge in [-0.1, -0.05) is 0 Å². The lowest BCUT2D eigenvalue weighted by atomic mass is 10.2. The molecular formula is C15H10BrFN2O. The summed E-state index contributed by atoms with van der Waals surface area (Å²) in [4.78, 5) is 4.38. The number of anilines is 1. The molecule has 0 aliphatic heterocycles. The summed E-state index contributed by atoms with van der Waals surface area (Å²) >= 11 is 3.12. The molecule has 0 saturated carbocycles. The highest BCUT2D eigenvalue weighted by molar-refractivity contribution is 9.10. The molecule has 2 aromatic carbocycles. The molecule has 0 aliphatic carbocycles. The van der Waals surface area contributed by atoms with E-state index in [1.807, 2.05) is 18.2 Å². The first kappa shape index (κ1) is 12.9. The fourth-order valence-corrected chi connectivity index (χ4v) is 2.20. The van der Waals surface area contributed by atoms with E-state index >= 15 is 0 Å². The molecule has 0 spiro atoms. The zero-order valence-corrected chi connectivity index (χ0v) is 11.9. The van der Waals surface area contributed by atoms with Crippen molar-refractivity contribution in [1.29, 1.82) is 0 Å². The zero-order valence-electron chi connectivity index (χ0n) is 10.3. The van der Waals surface area contributed by atoms with E-state index in [4.69, 9.17) is 10.5 Å². The average Bonchev–Trinajstić information content (AvgIpc) is 2.43. The lowest BCUT2D eigenvalue weighted by Gasteiger charge is -2.07. The highest BCUT2D eigenvalue weighted by Gasteiger charge is 2.04. The van der Waals surface area contributed by atoms with Crippen LogP contribution in [0.1, 0.15) is 0 Å². The van der Waals surface area contributed by atoms with Crippen molar-refractivity contribution >= 4 is 32.5 Å². The first-order valence-electron chi connectivity index (χ1n) is 5.91.